The van der Waals surface area contributed by atoms with Gasteiger partial charge >= 0.3 is 12.3 Å². The number of halogens is 3. The number of pyridine rings is 1. The van der Waals surface area contributed by atoms with Crippen LogP contribution in [0.4, 0.5) is 23.7 Å². The summed E-state index contributed by atoms with van der Waals surface area (Å²) in [4.78, 5) is 31.0. The summed E-state index contributed by atoms with van der Waals surface area (Å²) < 4.78 is 49.6. The third-order valence-electron chi connectivity index (χ3n) is 4.45. The van der Waals surface area contributed by atoms with E-state index in [2.05, 4.69) is 15.0 Å². The molecule has 2 amide bonds. The summed E-state index contributed by atoms with van der Waals surface area (Å²) in [6.45, 7) is 6.04. The summed E-state index contributed by atoms with van der Waals surface area (Å²) in [6.07, 6.45) is -3.56. The lowest BCUT2D eigenvalue weighted by Gasteiger charge is -2.30. The number of amides is 2. The lowest BCUT2D eigenvalue weighted by molar-refractivity contribution is -0.139. The third-order valence-corrected chi connectivity index (χ3v) is 5.46. The van der Waals surface area contributed by atoms with Crippen LogP contribution in [-0.4, -0.2) is 41.1 Å². The molecular formula is C20H22F3N3O4S. The Labute approximate surface area is 181 Å². The van der Waals surface area contributed by atoms with Crippen LogP contribution in [0.3, 0.4) is 0 Å². The largest absolute Gasteiger partial charge is 0.481 e. The monoisotopic (exact) mass is 457 g/mol. The smallest absolute Gasteiger partial charge is 0.421 e. The number of nitrogens with zero attached hydrogens (tertiary/aromatic N) is 2. The number of rotatable bonds is 3. The highest BCUT2D eigenvalue weighted by Gasteiger charge is 2.36. The molecule has 0 unspecified atom stereocenters. The molecule has 0 fully saturated rings. The average Bonchev–Trinajstić information content (AvgIpc) is 3.09. The second-order valence-electron chi connectivity index (χ2n) is 7.94. The Morgan fingerprint density at radius 2 is 1.97 bits per heavy atom. The Kier molecular flexibility index (Phi) is 6.17. The van der Waals surface area contributed by atoms with Gasteiger partial charge in [-0.2, -0.15) is 13.2 Å². The van der Waals surface area contributed by atoms with Gasteiger partial charge in [-0.1, -0.05) is 0 Å². The van der Waals surface area contributed by atoms with E-state index in [1.807, 2.05) is 0 Å². The van der Waals surface area contributed by atoms with Crippen molar-refractivity contribution in [3.63, 3.8) is 0 Å². The number of hydrogen-bond donors (Lipinski definition) is 1. The number of carbonyl (C=O) groups is 2. The van der Waals surface area contributed by atoms with E-state index >= 15 is 0 Å². The SMILES string of the molecule is COc1ncc(NC(=O)c2csc3c2CCN(C(=O)OC(C)(C)C)C3)cc1C(F)(F)F. The molecule has 0 atom stereocenters. The topological polar surface area (TPSA) is 80.8 Å². The fraction of sp³-hybridized carbons (Fsp3) is 0.450. The van der Waals surface area contributed by atoms with Crippen molar-refractivity contribution in [2.75, 3.05) is 19.0 Å². The van der Waals surface area contributed by atoms with Gasteiger partial charge in [0, 0.05) is 16.8 Å². The van der Waals surface area contributed by atoms with Crippen LogP contribution >= 0.6 is 11.3 Å². The molecule has 11 heteroatoms. The van der Waals surface area contributed by atoms with Crippen molar-refractivity contribution in [2.45, 2.75) is 45.5 Å². The predicted molar refractivity (Wildman–Crippen MR) is 108 cm³/mol. The molecule has 1 N–H and O–H groups in total. The van der Waals surface area contributed by atoms with Crippen LogP contribution in [0.15, 0.2) is 17.6 Å². The van der Waals surface area contributed by atoms with Gasteiger partial charge in [0.25, 0.3) is 5.91 Å². The van der Waals surface area contributed by atoms with Gasteiger partial charge in [0.15, 0.2) is 0 Å². The summed E-state index contributed by atoms with van der Waals surface area (Å²) in [5.41, 5.74) is -0.634. The molecule has 0 aliphatic carbocycles. The van der Waals surface area contributed by atoms with Crippen LogP contribution in [0.1, 0.15) is 47.1 Å². The number of nitrogens with one attached hydrogen (secondary N) is 1. The quantitative estimate of drug-likeness (QED) is 0.722. The van der Waals surface area contributed by atoms with E-state index in [9.17, 15) is 22.8 Å². The highest BCUT2D eigenvalue weighted by Crippen LogP contribution is 2.36. The molecule has 0 radical (unpaired) electrons. The Morgan fingerprint density at radius 3 is 2.58 bits per heavy atom. The van der Waals surface area contributed by atoms with Crippen LogP contribution in [0.25, 0.3) is 0 Å². The van der Waals surface area contributed by atoms with E-state index in [1.54, 1.807) is 31.1 Å². The Balaban J connectivity index is 1.75. The second-order valence-corrected chi connectivity index (χ2v) is 8.90. The van der Waals surface area contributed by atoms with Gasteiger partial charge in [0.1, 0.15) is 11.2 Å². The van der Waals surface area contributed by atoms with E-state index in [4.69, 9.17) is 4.74 Å². The van der Waals surface area contributed by atoms with Crippen LogP contribution in [0.5, 0.6) is 5.88 Å². The number of fused-ring (bicyclic) bond motifs is 1. The van der Waals surface area contributed by atoms with Crippen LogP contribution in [0, 0.1) is 0 Å². The first-order valence-electron chi connectivity index (χ1n) is 9.39. The first-order chi connectivity index (χ1) is 14.4. The molecule has 0 saturated carbocycles. The number of carbonyl (C=O) groups excluding carboxylic acids is 2. The molecule has 0 spiro atoms. The first kappa shape index (κ1) is 22.9. The highest BCUT2D eigenvalue weighted by molar-refractivity contribution is 7.10. The molecule has 1 aliphatic heterocycles. The minimum absolute atomic E-state index is 0.0933. The zero-order valence-corrected chi connectivity index (χ0v) is 18.2. The first-order valence-corrected chi connectivity index (χ1v) is 10.3. The van der Waals surface area contributed by atoms with Gasteiger partial charge in [-0.15, -0.1) is 11.3 Å². The molecule has 3 heterocycles. The van der Waals surface area contributed by atoms with Gasteiger partial charge in [0.05, 0.1) is 31.1 Å². The van der Waals surface area contributed by atoms with Gasteiger partial charge in [-0.25, -0.2) is 9.78 Å². The number of methoxy groups -OCH3 is 1. The summed E-state index contributed by atoms with van der Waals surface area (Å²) in [5, 5.41) is 4.11. The maximum atomic E-state index is 13.2. The Bertz CT molecular complexity index is 999. The van der Waals surface area contributed by atoms with E-state index in [0.717, 1.165) is 29.8 Å². The molecule has 0 bridgehead atoms. The van der Waals surface area contributed by atoms with Crippen molar-refractivity contribution in [1.29, 1.82) is 0 Å². The number of hydrogen-bond acceptors (Lipinski definition) is 6. The highest BCUT2D eigenvalue weighted by atomic mass is 32.1. The molecule has 2 aromatic heterocycles. The average molecular weight is 457 g/mol. The normalized spacial score (nSPS) is 14.1. The molecule has 0 aromatic carbocycles. The minimum Gasteiger partial charge on any atom is -0.481 e. The number of aromatic nitrogens is 1. The summed E-state index contributed by atoms with van der Waals surface area (Å²) >= 11 is 1.32. The third kappa shape index (κ3) is 5.27. The fourth-order valence-electron chi connectivity index (χ4n) is 3.09. The molecule has 0 saturated heterocycles. The predicted octanol–water partition coefficient (Wildman–Crippen LogP) is 4.72. The van der Waals surface area contributed by atoms with Crippen molar-refractivity contribution in [3.05, 3.63) is 39.2 Å². The molecule has 3 rings (SSSR count). The molecule has 31 heavy (non-hydrogen) atoms. The van der Waals surface area contributed by atoms with Crippen LogP contribution in [0.2, 0.25) is 0 Å². The zero-order chi connectivity index (χ0) is 23.0. The summed E-state index contributed by atoms with van der Waals surface area (Å²) in [5.74, 6) is -1.11. The van der Waals surface area contributed by atoms with Gasteiger partial charge < -0.3 is 19.7 Å². The van der Waals surface area contributed by atoms with Crippen molar-refractivity contribution < 1.29 is 32.2 Å². The van der Waals surface area contributed by atoms with E-state index in [1.165, 1.54) is 11.3 Å². The Morgan fingerprint density at radius 1 is 1.26 bits per heavy atom. The second kappa shape index (κ2) is 8.37. The molecule has 1 aliphatic rings. The minimum atomic E-state index is -4.67. The standard InChI is InChI=1S/C20H22F3N3O4S/c1-19(2,3)30-18(28)26-6-5-12-13(10-31-15(12)9-26)16(27)25-11-7-14(20(21,22)23)17(29-4)24-8-11/h7-8,10H,5-6,9H2,1-4H3,(H,25,27). The van der Waals surface area contributed by atoms with Crippen LogP contribution < -0.4 is 10.1 Å². The lowest BCUT2D eigenvalue weighted by Crippen LogP contribution is -2.39. The van der Waals surface area contributed by atoms with E-state index < -0.39 is 35.2 Å². The molecule has 2 aromatic rings. The van der Waals surface area contributed by atoms with Crippen molar-refractivity contribution in [3.8, 4) is 5.88 Å². The Hall–Kier alpha value is -2.82. The maximum absolute atomic E-state index is 13.2. The van der Waals surface area contributed by atoms with Gasteiger partial charge in [-0.3, -0.25) is 4.79 Å². The summed E-state index contributed by atoms with van der Waals surface area (Å²) in [7, 11) is 1.09. The lowest BCUT2D eigenvalue weighted by atomic mass is 10.0. The molecule has 7 nitrogen and oxygen atoms in total. The summed E-state index contributed by atoms with van der Waals surface area (Å²) in [6, 6.07) is 0.785. The zero-order valence-electron chi connectivity index (χ0n) is 17.4. The number of anilines is 1. The molecular weight excluding hydrogens is 435 g/mol. The van der Waals surface area contributed by atoms with Crippen LogP contribution in [-0.2, 0) is 23.9 Å². The van der Waals surface area contributed by atoms with E-state index in [0.29, 0.717) is 25.1 Å². The van der Waals surface area contributed by atoms with Crippen molar-refractivity contribution in [1.82, 2.24) is 9.88 Å². The van der Waals surface area contributed by atoms with Gasteiger partial charge in [0.2, 0.25) is 5.88 Å². The van der Waals surface area contributed by atoms with Crippen molar-refractivity contribution >= 4 is 29.0 Å². The van der Waals surface area contributed by atoms with E-state index in [-0.39, 0.29) is 5.69 Å². The number of alkyl halides is 3. The fourth-order valence-corrected chi connectivity index (χ4v) is 4.18. The van der Waals surface area contributed by atoms with Gasteiger partial charge in [-0.05, 0) is 38.8 Å². The maximum Gasteiger partial charge on any atom is 0.421 e. The number of thiophene rings is 1. The molecule has 168 valence electrons. The number of ether oxygens (including phenoxy) is 2. The van der Waals surface area contributed by atoms with Crippen molar-refractivity contribution in [2.24, 2.45) is 0 Å².